The highest BCUT2D eigenvalue weighted by Gasteiger charge is 2.24. The number of methoxy groups -OCH3 is 3. The molecule has 3 aromatic carbocycles. The summed E-state index contributed by atoms with van der Waals surface area (Å²) in [4.78, 5) is 0. The average Bonchev–Trinajstić information content (AvgIpc) is 3.17. The van der Waals surface area contributed by atoms with Crippen molar-refractivity contribution in [3.8, 4) is 28.7 Å². The van der Waals surface area contributed by atoms with Crippen molar-refractivity contribution in [2.45, 2.75) is 0 Å². The summed E-state index contributed by atoms with van der Waals surface area (Å²) in [5, 5.41) is 5.11. The lowest BCUT2D eigenvalue weighted by atomic mass is 9.99. The quantitative estimate of drug-likeness (QED) is 0.402. The number of rotatable bonds is 3. The molecule has 28 heavy (non-hydrogen) atoms. The van der Waals surface area contributed by atoms with E-state index in [2.05, 4.69) is 22.9 Å². The van der Waals surface area contributed by atoms with Gasteiger partial charge in [-0.05, 0) is 30.3 Å². The van der Waals surface area contributed by atoms with Crippen molar-refractivity contribution in [1.29, 1.82) is 0 Å². The standard InChI is InChI=1S/C22H20NO5/c1-23-10-16-12(5-6-17(24-2)22(16)26-4)14-8-18(25-3)13-7-19-20(28-11-27-19)9-15(13)21(14)23/h5-10H,11H2,1-4H3/q+1. The Morgan fingerprint density at radius 1 is 0.750 bits per heavy atom. The van der Waals surface area contributed by atoms with E-state index in [9.17, 15) is 0 Å². The summed E-state index contributed by atoms with van der Waals surface area (Å²) in [6.45, 7) is 0.234. The van der Waals surface area contributed by atoms with Crippen molar-refractivity contribution in [2.75, 3.05) is 28.1 Å². The number of hydrogen-bond donors (Lipinski definition) is 0. The minimum absolute atomic E-state index is 0.234. The van der Waals surface area contributed by atoms with Gasteiger partial charge in [0.1, 0.15) is 12.8 Å². The van der Waals surface area contributed by atoms with Crippen molar-refractivity contribution >= 4 is 32.4 Å². The van der Waals surface area contributed by atoms with Gasteiger partial charge in [0, 0.05) is 10.8 Å². The fourth-order valence-corrected chi connectivity index (χ4v) is 4.09. The van der Waals surface area contributed by atoms with Crippen LogP contribution in [0.15, 0.2) is 36.5 Å². The van der Waals surface area contributed by atoms with Gasteiger partial charge < -0.3 is 23.7 Å². The molecule has 5 rings (SSSR count). The van der Waals surface area contributed by atoms with E-state index >= 15 is 0 Å². The molecule has 0 saturated heterocycles. The molecule has 4 aromatic rings. The highest BCUT2D eigenvalue weighted by molar-refractivity contribution is 6.17. The molecular formula is C22H20NO5+. The van der Waals surface area contributed by atoms with Gasteiger partial charge in [0.25, 0.3) is 0 Å². The van der Waals surface area contributed by atoms with E-state index in [-0.39, 0.29) is 6.79 Å². The third kappa shape index (κ3) is 2.17. The summed E-state index contributed by atoms with van der Waals surface area (Å²) in [6.07, 6.45) is 2.06. The number of fused-ring (bicyclic) bond motifs is 6. The maximum absolute atomic E-state index is 5.72. The Morgan fingerprint density at radius 2 is 1.43 bits per heavy atom. The molecule has 1 aromatic heterocycles. The molecule has 2 heterocycles. The lowest BCUT2D eigenvalue weighted by Crippen LogP contribution is -2.28. The van der Waals surface area contributed by atoms with E-state index in [0.29, 0.717) is 11.5 Å². The monoisotopic (exact) mass is 378 g/mol. The normalized spacial score (nSPS) is 12.7. The minimum Gasteiger partial charge on any atom is -0.496 e. The van der Waals surface area contributed by atoms with Crippen molar-refractivity contribution < 1.29 is 28.3 Å². The summed E-state index contributed by atoms with van der Waals surface area (Å²) in [6, 6.07) is 10.0. The van der Waals surface area contributed by atoms with Gasteiger partial charge in [-0.25, -0.2) is 0 Å². The largest absolute Gasteiger partial charge is 0.496 e. The van der Waals surface area contributed by atoms with Gasteiger partial charge in [0.2, 0.25) is 12.3 Å². The van der Waals surface area contributed by atoms with Gasteiger partial charge in [0.15, 0.2) is 29.2 Å². The van der Waals surface area contributed by atoms with Crippen molar-refractivity contribution in [2.24, 2.45) is 7.05 Å². The van der Waals surface area contributed by atoms with Crippen LogP contribution in [0.25, 0.3) is 32.4 Å². The Labute approximate surface area is 161 Å². The first-order valence-electron chi connectivity index (χ1n) is 8.93. The summed E-state index contributed by atoms with van der Waals surface area (Å²) in [7, 11) is 7.00. The van der Waals surface area contributed by atoms with Crippen molar-refractivity contribution in [1.82, 2.24) is 0 Å². The first-order chi connectivity index (χ1) is 13.7. The maximum atomic E-state index is 5.72. The number of aryl methyl sites for hydroxylation is 1. The molecule has 0 N–H and O–H groups in total. The van der Waals surface area contributed by atoms with Crippen LogP contribution in [0, 0.1) is 0 Å². The van der Waals surface area contributed by atoms with E-state index in [1.807, 2.05) is 25.2 Å². The van der Waals surface area contributed by atoms with Crippen LogP contribution in [0.3, 0.4) is 0 Å². The van der Waals surface area contributed by atoms with Crippen LogP contribution in [0.4, 0.5) is 0 Å². The predicted octanol–water partition coefficient (Wildman–Crippen LogP) is 3.73. The number of pyridine rings is 1. The van der Waals surface area contributed by atoms with Gasteiger partial charge in [-0.2, -0.15) is 4.57 Å². The Kier molecular flexibility index (Phi) is 3.62. The van der Waals surface area contributed by atoms with Crippen LogP contribution >= 0.6 is 0 Å². The molecule has 0 radical (unpaired) electrons. The molecular weight excluding hydrogens is 358 g/mol. The third-order valence-corrected chi connectivity index (χ3v) is 5.33. The van der Waals surface area contributed by atoms with Crippen LogP contribution in [-0.4, -0.2) is 28.1 Å². The number of nitrogens with zero attached hydrogens (tertiary/aromatic N) is 1. The van der Waals surface area contributed by atoms with Crippen LogP contribution in [-0.2, 0) is 7.05 Å². The number of aromatic nitrogens is 1. The molecule has 0 amide bonds. The smallest absolute Gasteiger partial charge is 0.231 e. The van der Waals surface area contributed by atoms with Crippen LogP contribution in [0.5, 0.6) is 28.7 Å². The highest BCUT2D eigenvalue weighted by Crippen LogP contribution is 2.44. The van der Waals surface area contributed by atoms with Crippen LogP contribution in [0.1, 0.15) is 0 Å². The maximum Gasteiger partial charge on any atom is 0.231 e. The summed E-state index contributed by atoms with van der Waals surface area (Å²) in [5.74, 6) is 3.67. The first-order valence-corrected chi connectivity index (χ1v) is 8.93. The number of hydrogen-bond acceptors (Lipinski definition) is 5. The number of benzene rings is 3. The molecule has 0 spiro atoms. The van der Waals surface area contributed by atoms with Crippen LogP contribution < -0.4 is 28.3 Å². The van der Waals surface area contributed by atoms with Gasteiger partial charge in [0.05, 0.1) is 37.5 Å². The topological polar surface area (TPSA) is 50.0 Å². The van der Waals surface area contributed by atoms with Gasteiger partial charge in [-0.3, -0.25) is 0 Å². The predicted molar refractivity (Wildman–Crippen MR) is 106 cm³/mol. The highest BCUT2D eigenvalue weighted by atomic mass is 16.7. The molecule has 0 saturated carbocycles. The Morgan fingerprint density at radius 3 is 2.11 bits per heavy atom. The summed E-state index contributed by atoms with van der Waals surface area (Å²) < 4.78 is 30.1. The van der Waals surface area contributed by atoms with Gasteiger partial charge in [-0.1, -0.05) is 0 Å². The lowest BCUT2D eigenvalue weighted by Gasteiger charge is -2.13. The molecule has 1 aliphatic heterocycles. The van der Waals surface area contributed by atoms with E-state index in [4.69, 9.17) is 23.7 Å². The van der Waals surface area contributed by atoms with Crippen molar-refractivity contribution in [3.05, 3.63) is 36.5 Å². The molecule has 6 nitrogen and oxygen atoms in total. The molecule has 0 atom stereocenters. The zero-order chi connectivity index (χ0) is 19.4. The fraction of sp³-hybridized carbons (Fsp3) is 0.227. The summed E-state index contributed by atoms with van der Waals surface area (Å²) >= 11 is 0. The first kappa shape index (κ1) is 16.7. The molecule has 0 aliphatic carbocycles. The van der Waals surface area contributed by atoms with Gasteiger partial charge in [-0.15, -0.1) is 0 Å². The second-order valence-electron chi connectivity index (χ2n) is 6.73. The Balaban J connectivity index is 1.99. The van der Waals surface area contributed by atoms with Gasteiger partial charge >= 0.3 is 0 Å². The van der Waals surface area contributed by atoms with E-state index < -0.39 is 0 Å². The van der Waals surface area contributed by atoms with E-state index in [1.54, 1.807) is 21.3 Å². The van der Waals surface area contributed by atoms with E-state index in [1.165, 1.54) is 0 Å². The summed E-state index contributed by atoms with van der Waals surface area (Å²) in [5.41, 5.74) is 1.08. The second kappa shape index (κ2) is 6.05. The second-order valence-corrected chi connectivity index (χ2v) is 6.73. The molecule has 142 valence electrons. The van der Waals surface area contributed by atoms with Crippen molar-refractivity contribution in [3.63, 3.8) is 0 Å². The molecule has 0 unspecified atom stereocenters. The zero-order valence-corrected chi connectivity index (χ0v) is 16.2. The minimum atomic E-state index is 0.234. The Hall–Kier alpha value is -3.41. The zero-order valence-electron chi connectivity index (χ0n) is 16.2. The average molecular weight is 378 g/mol. The third-order valence-electron chi connectivity index (χ3n) is 5.33. The lowest BCUT2D eigenvalue weighted by molar-refractivity contribution is -0.642. The molecule has 0 bridgehead atoms. The van der Waals surface area contributed by atoms with E-state index in [0.717, 1.165) is 49.7 Å². The fourth-order valence-electron chi connectivity index (χ4n) is 4.09. The SMILES string of the molecule is COc1ccc2c(c[n+](C)c3c4cc5c(cc4c(OC)cc23)OCO5)c1OC. The molecule has 6 heteroatoms. The number of ether oxygens (including phenoxy) is 5. The Bertz CT molecular complexity index is 1270. The molecule has 0 fully saturated rings. The molecule has 1 aliphatic rings. The van der Waals surface area contributed by atoms with Crippen LogP contribution in [0.2, 0.25) is 0 Å².